The van der Waals surface area contributed by atoms with Gasteiger partial charge in [0.1, 0.15) is 0 Å². The van der Waals surface area contributed by atoms with Crippen molar-refractivity contribution >= 4 is 15.9 Å². The molecule has 0 spiro atoms. The van der Waals surface area contributed by atoms with Gasteiger partial charge >= 0.3 is 0 Å². The molecule has 2 nitrogen and oxygen atoms in total. The summed E-state index contributed by atoms with van der Waals surface area (Å²) >= 11 is 3.33. The van der Waals surface area contributed by atoms with E-state index in [0.717, 1.165) is 24.6 Å². The van der Waals surface area contributed by atoms with Gasteiger partial charge in [0.25, 0.3) is 0 Å². The minimum atomic E-state index is -0.817. The summed E-state index contributed by atoms with van der Waals surface area (Å²) in [7, 11) is 0. The maximum Gasteiger partial charge on any atom is 0.173 e. The number of benzene rings is 1. The SMILES string of the molecule is CCCNC(Cc1cccc(F)c1F)c1ccoc1Br. The lowest BCUT2D eigenvalue weighted by Gasteiger charge is -2.18. The Labute approximate surface area is 125 Å². The Morgan fingerprint density at radius 3 is 2.75 bits per heavy atom. The van der Waals surface area contributed by atoms with Crippen LogP contribution < -0.4 is 5.32 Å². The quantitative estimate of drug-likeness (QED) is 0.828. The smallest absolute Gasteiger partial charge is 0.173 e. The molecule has 0 aliphatic carbocycles. The highest BCUT2D eigenvalue weighted by Gasteiger charge is 2.19. The molecule has 1 aromatic carbocycles. The van der Waals surface area contributed by atoms with Crippen LogP contribution in [-0.2, 0) is 6.42 Å². The predicted octanol–water partition coefficient (Wildman–Crippen LogP) is 4.60. The molecule has 0 saturated carbocycles. The summed E-state index contributed by atoms with van der Waals surface area (Å²) in [6, 6.07) is 5.96. The number of hydrogen-bond acceptors (Lipinski definition) is 2. The van der Waals surface area contributed by atoms with Crippen molar-refractivity contribution in [3.05, 3.63) is 58.0 Å². The van der Waals surface area contributed by atoms with Crippen molar-refractivity contribution in [2.75, 3.05) is 6.54 Å². The van der Waals surface area contributed by atoms with Gasteiger partial charge in [-0.2, -0.15) is 0 Å². The number of rotatable bonds is 6. The van der Waals surface area contributed by atoms with Crippen molar-refractivity contribution < 1.29 is 13.2 Å². The molecule has 2 aromatic rings. The average Bonchev–Trinajstić information content (AvgIpc) is 2.85. The summed E-state index contributed by atoms with van der Waals surface area (Å²) in [5.74, 6) is -1.60. The summed E-state index contributed by atoms with van der Waals surface area (Å²) in [6.45, 7) is 2.84. The Hall–Kier alpha value is -1.20. The Morgan fingerprint density at radius 1 is 1.30 bits per heavy atom. The van der Waals surface area contributed by atoms with Crippen LogP contribution in [0.25, 0.3) is 0 Å². The Bertz CT molecular complexity index is 571. The second-order valence-corrected chi connectivity index (χ2v) is 5.29. The molecule has 1 atom stereocenters. The maximum absolute atomic E-state index is 13.8. The molecule has 5 heteroatoms. The minimum absolute atomic E-state index is 0.126. The molecule has 0 saturated heterocycles. The predicted molar refractivity (Wildman–Crippen MR) is 77.5 cm³/mol. The van der Waals surface area contributed by atoms with Gasteiger partial charge in [0.05, 0.1) is 6.26 Å². The molecule has 1 heterocycles. The molecule has 0 bridgehead atoms. The number of furan rings is 1. The van der Waals surface area contributed by atoms with E-state index in [1.165, 1.54) is 6.07 Å². The first-order chi connectivity index (χ1) is 9.63. The molecule has 2 rings (SSSR count). The molecule has 0 radical (unpaired) electrons. The van der Waals surface area contributed by atoms with Crippen LogP contribution in [0, 0.1) is 11.6 Å². The van der Waals surface area contributed by atoms with Crippen molar-refractivity contribution in [3.8, 4) is 0 Å². The maximum atomic E-state index is 13.8. The molecule has 1 N–H and O–H groups in total. The van der Waals surface area contributed by atoms with E-state index in [1.807, 2.05) is 6.07 Å². The lowest BCUT2D eigenvalue weighted by molar-refractivity contribution is 0.470. The molecular weight excluding hydrogens is 328 g/mol. The number of nitrogens with one attached hydrogen (secondary N) is 1. The lowest BCUT2D eigenvalue weighted by Crippen LogP contribution is -2.24. The van der Waals surface area contributed by atoms with E-state index >= 15 is 0 Å². The van der Waals surface area contributed by atoms with Crippen molar-refractivity contribution in [3.63, 3.8) is 0 Å². The van der Waals surface area contributed by atoms with Gasteiger partial charge in [0, 0.05) is 11.6 Å². The standard InChI is InChI=1S/C15H16BrF2NO/c1-2-7-19-13(11-6-8-20-15(11)16)9-10-4-3-5-12(17)14(10)18/h3-6,8,13,19H,2,7,9H2,1H3. The van der Waals surface area contributed by atoms with Gasteiger partial charge in [0.15, 0.2) is 16.3 Å². The van der Waals surface area contributed by atoms with E-state index in [4.69, 9.17) is 4.42 Å². The highest BCUT2D eigenvalue weighted by Crippen LogP contribution is 2.28. The van der Waals surface area contributed by atoms with Crippen LogP contribution in [-0.4, -0.2) is 6.54 Å². The van der Waals surface area contributed by atoms with E-state index in [2.05, 4.69) is 28.2 Å². The van der Waals surface area contributed by atoms with E-state index in [9.17, 15) is 8.78 Å². The molecule has 1 aromatic heterocycles. The number of halogens is 3. The van der Waals surface area contributed by atoms with Crippen molar-refractivity contribution in [2.45, 2.75) is 25.8 Å². The van der Waals surface area contributed by atoms with Gasteiger partial charge in [-0.05, 0) is 53.0 Å². The zero-order valence-corrected chi connectivity index (χ0v) is 12.7. The summed E-state index contributed by atoms with van der Waals surface area (Å²) < 4.78 is 32.9. The van der Waals surface area contributed by atoms with E-state index in [1.54, 1.807) is 12.3 Å². The fraction of sp³-hybridized carbons (Fsp3) is 0.333. The summed E-state index contributed by atoms with van der Waals surface area (Å²) in [6.07, 6.45) is 2.89. The topological polar surface area (TPSA) is 25.2 Å². The fourth-order valence-corrected chi connectivity index (χ4v) is 2.61. The summed E-state index contributed by atoms with van der Waals surface area (Å²) in [5.41, 5.74) is 1.26. The van der Waals surface area contributed by atoms with E-state index in [0.29, 0.717) is 16.7 Å². The van der Waals surface area contributed by atoms with E-state index < -0.39 is 11.6 Å². The van der Waals surface area contributed by atoms with Crippen molar-refractivity contribution in [2.24, 2.45) is 0 Å². The molecule has 0 aliphatic heterocycles. The van der Waals surface area contributed by atoms with Crippen LogP contribution in [0.1, 0.15) is 30.5 Å². The summed E-state index contributed by atoms with van der Waals surface area (Å²) in [4.78, 5) is 0. The van der Waals surface area contributed by atoms with Crippen LogP contribution in [0.15, 0.2) is 39.6 Å². The second kappa shape index (κ2) is 6.99. The third kappa shape index (κ3) is 3.46. The van der Waals surface area contributed by atoms with Gasteiger partial charge < -0.3 is 9.73 Å². The van der Waals surface area contributed by atoms with Crippen molar-refractivity contribution in [1.82, 2.24) is 5.32 Å². The molecular formula is C15H16BrF2NO. The third-order valence-electron chi connectivity index (χ3n) is 3.12. The third-order valence-corrected chi connectivity index (χ3v) is 3.76. The largest absolute Gasteiger partial charge is 0.457 e. The second-order valence-electron chi connectivity index (χ2n) is 4.57. The van der Waals surface area contributed by atoms with Crippen LogP contribution >= 0.6 is 15.9 Å². The van der Waals surface area contributed by atoms with Crippen LogP contribution in [0.5, 0.6) is 0 Å². The molecule has 108 valence electrons. The Balaban J connectivity index is 2.24. The first kappa shape index (κ1) is 15.2. The van der Waals surface area contributed by atoms with Gasteiger partial charge in [-0.15, -0.1) is 0 Å². The van der Waals surface area contributed by atoms with Crippen LogP contribution in [0.3, 0.4) is 0 Å². The molecule has 0 aliphatic rings. The zero-order valence-electron chi connectivity index (χ0n) is 11.1. The highest BCUT2D eigenvalue weighted by molar-refractivity contribution is 9.10. The fourth-order valence-electron chi connectivity index (χ4n) is 2.09. The molecule has 1 unspecified atom stereocenters. The highest BCUT2D eigenvalue weighted by atomic mass is 79.9. The van der Waals surface area contributed by atoms with Gasteiger partial charge in [-0.25, -0.2) is 8.78 Å². The first-order valence-electron chi connectivity index (χ1n) is 6.52. The molecule has 0 amide bonds. The monoisotopic (exact) mass is 343 g/mol. The van der Waals surface area contributed by atoms with Crippen molar-refractivity contribution in [1.29, 1.82) is 0 Å². The lowest BCUT2D eigenvalue weighted by atomic mass is 10.0. The van der Waals surface area contributed by atoms with Crippen LogP contribution in [0.4, 0.5) is 8.78 Å². The van der Waals surface area contributed by atoms with Gasteiger partial charge in [0.2, 0.25) is 0 Å². The van der Waals surface area contributed by atoms with E-state index in [-0.39, 0.29) is 6.04 Å². The zero-order chi connectivity index (χ0) is 14.5. The first-order valence-corrected chi connectivity index (χ1v) is 7.32. The Kier molecular flexibility index (Phi) is 5.31. The normalized spacial score (nSPS) is 12.6. The van der Waals surface area contributed by atoms with Gasteiger partial charge in [-0.3, -0.25) is 0 Å². The van der Waals surface area contributed by atoms with Gasteiger partial charge in [-0.1, -0.05) is 19.1 Å². The average molecular weight is 344 g/mol. The minimum Gasteiger partial charge on any atom is -0.457 e. The Morgan fingerprint density at radius 2 is 2.10 bits per heavy atom. The molecule has 20 heavy (non-hydrogen) atoms. The van der Waals surface area contributed by atoms with Crippen LogP contribution in [0.2, 0.25) is 0 Å². The molecule has 0 fully saturated rings. The number of hydrogen-bond donors (Lipinski definition) is 1. The summed E-state index contributed by atoms with van der Waals surface area (Å²) in [5, 5.41) is 3.33.